The second-order valence-electron chi connectivity index (χ2n) is 10.6. The van der Waals surface area contributed by atoms with Crippen LogP contribution in [0.3, 0.4) is 0 Å². The summed E-state index contributed by atoms with van der Waals surface area (Å²) in [7, 11) is 0. The summed E-state index contributed by atoms with van der Waals surface area (Å²) in [4.78, 5) is 30.1. The predicted molar refractivity (Wildman–Crippen MR) is 172 cm³/mol. The fraction of sp³-hybridized carbons (Fsp3) is 0.152. The van der Waals surface area contributed by atoms with Gasteiger partial charge in [0.1, 0.15) is 22.9 Å². The molecular weight excluding hydrogens is 594 g/mol. The van der Waals surface area contributed by atoms with Gasteiger partial charge in [0.25, 0.3) is 5.91 Å². The largest absolute Gasteiger partial charge is 0.324 e. The number of fused-ring (bicyclic) bond motifs is 1. The van der Waals surface area contributed by atoms with Crippen LogP contribution in [0.5, 0.6) is 0 Å². The van der Waals surface area contributed by atoms with E-state index in [-0.39, 0.29) is 0 Å². The SMILES string of the molecule is O=C(Nc1cccc(-c2nc3sccn3c2-c2ccnc(Nc3ccc(CN4CCNCC4)cc3)n2)c1)c1c(F)cccc1F. The maximum absolute atomic E-state index is 14.2. The minimum atomic E-state index is -0.931. The molecule has 3 aromatic heterocycles. The zero-order valence-electron chi connectivity index (χ0n) is 24.0. The highest BCUT2D eigenvalue weighted by atomic mass is 32.1. The molecule has 9 nitrogen and oxygen atoms in total. The molecule has 1 saturated heterocycles. The summed E-state index contributed by atoms with van der Waals surface area (Å²) in [5, 5.41) is 11.2. The zero-order chi connectivity index (χ0) is 30.8. The van der Waals surface area contributed by atoms with Crippen molar-refractivity contribution < 1.29 is 13.6 Å². The van der Waals surface area contributed by atoms with Crippen molar-refractivity contribution >= 4 is 39.5 Å². The lowest BCUT2D eigenvalue weighted by Gasteiger charge is -2.27. The molecule has 1 aliphatic heterocycles. The molecule has 4 heterocycles. The van der Waals surface area contributed by atoms with Crippen LogP contribution in [0.4, 0.5) is 26.1 Å². The Morgan fingerprint density at radius 2 is 1.71 bits per heavy atom. The van der Waals surface area contributed by atoms with Gasteiger partial charge in [0.2, 0.25) is 5.95 Å². The van der Waals surface area contributed by atoms with Crippen molar-refractivity contribution in [3.8, 4) is 22.6 Å². The number of hydrogen-bond acceptors (Lipinski definition) is 8. The Hall–Kier alpha value is -5.04. The van der Waals surface area contributed by atoms with Gasteiger partial charge in [-0.25, -0.2) is 23.7 Å². The van der Waals surface area contributed by atoms with Crippen LogP contribution in [0.15, 0.2) is 90.6 Å². The number of carbonyl (C=O) groups is 1. The van der Waals surface area contributed by atoms with E-state index in [0.29, 0.717) is 28.6 Å². The first-order valence-electron chi connectivity index (χ1n) is 14.5. The van der Waals surface area contributed by atoms with Gasteiger partial charge in [-0.2, -0.15) is 0 Å². The van der Waals surface area contributed by atoms with Crippen molar-refractivity contribution in [3.05, 3.63) is 113 Å². The Bertz CT molecular complexity index is 1960. The first-order valence-corrected chi connectivity index (χ1v) is 15.3. The summed E-state index contributed by atoms with van der Waals surface area (Å²) in [6, 6.07) is 20.4. The number of hydrogen-bond donors (Lipinski definition) is 3. The Morgan fingerprint density at radius 3 is 2.51 bits per heavy atom. The number of nitrogens with zero attached hydrogens (tertiary/aromatic N) is 5. The number of carbonyl (C=O) groups excluding carboxylic acids is 1. The van der Waals surface area contributed by atoms with Crippen LogP contribution < -0.4 is 16.0 Å². The molecule has 1 fully saturated rings. The maximum atomic E-state index is 14.2. The van der Waals surface area contributed by atoms with E-state index >= 15 is 0 Å². The molecule has 0 aliphatic carbocycles. The van der Waals surface area contributed by atoms with Gasteiger partial charge in [-0.05, 0) is 48.0 Å². The fourth-order valence-corrected chi connectivity index (χ4v) is 6.10. The average molecular weight is 623 g/mol. The first kappa shape index (κ1) is 28.7. The van der Waals surface area contributed by atoms with Crippen LogP contribution in [0.2, 0.25) is 0 Å². The number of anilines is 3. The number of rotatable bonds is 8. The van der Waals surface area contributed by atoms with Crippen LogP contribution in [-0.4, -0.2) is 56.3 Å². The summed E-state index contributed by atoms with van der Waals surface area (Å²) in [5.74, 6) is -2.30. The van der Waals surface area contributed by atoms with Gasteiger partial charge in [0, 0.05) is 67.4 Å². The molecule has 7 rings (SSSR count). The van der Waals surface area contributed by atoms with E-state index in [9.17, 15) is 13.6 Å². The third kappa shape index (κ3) is 6.16. The fourth-order valence-electron chi connectivity index (χ4n) is 5.39. The van der Waals surface area contributed by atoms with Gasteiger partial charge in [0.05, 0.1) is 11.4 Å². The lowest BCUT2D eigenvalue weighted by molar-refractivity contribution is 0.101. The Kier molecular flexibility index (Phi) is 7.99. The minimum absolute atomic E-state index is 0.368. The molecule has 226 valence electrons. The van der Waals surface area contributed by atoms with Crippen molar-refractivity contribution in [2.75, 3.05) is 36.8 Å². The smallest absolute Gasteiger partial charge is 0.261 e. The van der Waals surface area contributed by atoms with Gasteiger partial charge < -0.3 is 16.0 Å². The third-order valence-electron chi connectivity index (χ3n) is 7.57. The van der Waals surface area contributed by atoms with Gasteiger partial charge in [-0.15, -0.1) is 11.3 Å². The minimum Gasteiger partial charge on any atom is -0.324 e. The van der Waals surface area contributed by atoms with Crippen molar-refractivity contribution in [1.29, 1.82) is 0 Å². The Morgan fingerprint density at radius 1 is 0.933 bits per heavy atom. The lowest BCUT2D eigenvalue weighted by Crippen LogP contribution is -2.42. The van der Waals surface area contributed by atoms with Gasteiger partial charge in [0.15, 0.2) is 4.96 Å². The standard InChI is InChI=1S/C33H28F2N8OS/c34-25-5-2-6-26(35)28(25)31(44)38-24-4-1-3-22(19-24)29-30(43-17-18-45-33(43)41-29)27-11-12-37-32(40-27)39-23-9-7-21(8-10-23)20-42-15-13-36-14-16-42/h1-12,17-19,36H,13-16,20H2,(H,38,44)(H,37,39,40). The second-order valence-corrected chi connectivity index (χ2v) is 11.5. The van der Waals surface area contributed by atoms with E-state index in [1.165, 1.54) is 23.0 Å². The van der Waals surface area contributed by atoms with Crippen molar-refractivity contribution in [3.63, 3.8) is 0 Å². The zero-order valence-corrected chi connectivity index (χ0v) is 24.8. The number of nitrogens with one attached hydrogen (secondary N) is 3. The third-order valence-corrected chi connectivity index (χ3v) is 8.33. The van der Waals surface area contributed by atoms with E-state index in [2.05, 4.69) is 38.0 Å². The summed E-state index contributed by atoms with van der Waals surface area (Å²) in [6.45, 7) is 5.03. The van der Waals surface area contributed by atoms with Gasteiger partial charge in [-0.1, -0.05) is 30.3 Å². The molecule has 0 atom stereocenters. The second kappa shape index (κ2) is 12.5. The highest BCUT2D eigenvalue weighted by Crippen LogP contribution is 2.35. The number of imidazole rings is 1. The van der Waals surface area contributed by atoms with Crippen LogP contribution in [0, 0.1) is 11.6 Å². The monoisotopic (exact) mass is 622 g/mol. The van der Waals surface area contributed by atoms with E-state index in [1.54, 1.807) is 24.4 Å². The van der Waals surface area contributed by atoms with E-state index in [1.807, 2.05) is 40.2 Å². The van der Waals surface area contributed by atoms with Crippen LogP contribution in [-0.2, 0) is 6.54 Å². The number of halogens is 2. The molecular formula is C33H28F2N8OS. The summed E-state index contributed by atoms with van der Waals surface area (Å²) >= 11 is 1.48. The van der Waals surface area contributed by atoms with Crippen molar-refractivity contribution in [2.45, 2.75) is 6.54 Å². The molecule has 1 amide bonds. The average Bonchev–Trinajstić information content (AvgIpc) is 3.65. The normalized spacial score (nSPS) is 13.6. The Labute approximate surface area is 261 Å². The number of thiazole rings is 1. The van der Waals surface area contributed by atoms with E-state index in [0.717, 1.165) is 61.2 Å². The number of aromatic nitrogens is 4. The highest BCUT2D eigenvalue weighted by Gasteiger charge is 2.21. The molecule has 0 unspecified atom stereocenters. The molecule has 0 spiro atoms. The highest BCUT2D eigenvalue weighted by molar-refractivity contribution is 7.15. The first-order chi connectivity index (χ1) is 22.0. The van der Waals surface area contributed by atoms with Crippen LogP contribution in [0.25, 0.3) is 27.6 Å². The van der Waals surface area contributed by atoms with Crippen molar-refractivity contribution in [1.82, 2.24) is 29.6 Å². The van der Waals surface area contributed by atoms with Gasteiger partial charge in [-0.3, -0.25) is 14.1 Å². The predicted octanol–water partition coefficient (Wildman–Crippen LogP) is 6.20. The van der Waals surface area contributed by atoms with Gasteiger partial charge >= 0.3 is 0 Å². The lowest BCUT2D eigenvalue weighted by atomic mass is 10.1. The van der Waals surface area contributed by atoms with Crippen molar-refractivity contribution in [2.24, 2.45) is 0 Å². The number of amides is 1. The van der Waals surface area contributed by atoms with Crippen LogP contribution in [0.1, 0.15) is 15.9 Å². The summed E-state index contributed by atoms with van der Waals surface area (Å²) in [6.07, 6.45) is 3.61. The Balaban J connectivity index is 1.15. The summed E-state index contributed by atoms with van der Waals surface area (Å²) < 4.78 is 30.4. The molecule has 6 aromatic rings. The molecule has 12 heteroatoms. The van der Waals surface area contributed by atoms with E-state index in [4.69, 9.17) is 9.97 Å². The van der Waals surface area contributed by atoms with E-state index < -0.39 is 23.1 Å². The van der Waals surface area contributed by atoms with Crippen LogP contribution >= 0.6 is 11.3 Å². The molecule has 0 bridgehead atoms. The topological polar surface area (TPSA) is 99.5 Å². The maximum Gasteiger partial charge on any atom is 0.261 e. The summed E-state index contributed by atoms with van der Waals surface area (Å²) in [5.41, 5.74) is 4.57. The number of piperazine rings is 1. The molecule has 0 saturated carbocycles. The molecule has 45 heavy (non-hydrogen) atoms. The molecule has 1 aliphatic rings. The molecule has 0 radical (unpaired) electrons. The molecule has 3 aromatic carbocycles. The molecule has 3 N–H and O–H groups in total. The quantitative estimate of drug-likeness (QED) is 0.186. The number of benzene rings is 3.